The van der Waals surface area contributed by atoms with Gasteiger partial charge >= 0.3 is 12.3 Å². The van der Waals surface area contributed by atoms with Crippen LogP contribution >= 0.6 is 22.9 Å². The zero-order valence-electron chi connectivity index (χ0n) is 17.3. The van der Waals surface area contributed by atoms with Crippen LogP contribution in [0.2, 0.25) is 5.02 Å². The Morgan fingerprint density at radius 1 is 1.21 bits per heavy atom. The van der Waals surface area contributed by atoms with Gasteiger partial charge in [0.2, 0.25) is 0 Å². The van der Waals surface area contributed by atoms with E-state index in [-0.39, 0.29) is 26.2 Å². The first-order chi connectivity index (χ1) is 15.6. The Hall–Kier alpha value is -2.89. The minimum Gasteiger partial charge on any atom is -0.409 e. The second-order valence-corrected chi connectivity index (χ2v) is 8.82. The number of benzene rings is 2. The topological polar surface area (TPSA) is 83.6 Å². The zero-order valence-corrected chi connectivity index (χ0v) is 18.8. The summed E-state index contributed by atoms with van der Waals surface area (Å²) < 4.78 is 44.7. The van der Waals surface area contributed by atoms with Crippen molar-refractivity contribution in [3.8, 4) is 5.75 Å². The van der Waals surface area contributed by atoms with Crippen LogP contribution in [0, 0.1) is 6.92 Å². The third-order valence-corrected chi connectivity index (χ3v) is 6.14. The fourth-order valence-corrected chi connectivity index (χ4v) is 4.53. The second-order valence-electron chi connectivity index (χ2n) is 7.36. The summed E-state index contributed by atoms with van der Waals surface area (Å²) in [6, 6.07) is 6.08. The number of nitrogens with zero attached hydrogens (tertiary/aromatic N) is 2. The Balaban J connectivity index is 1.59. The minimum absolute atomic E-state index is 0.0127. The standard InChI is InChI=1S/C21H18ClF3N4O3S/c1-11-8-13(22)10-14(17(11)32-20(31)29-6-4-26-5-7-29)18(30)28-19-27-15-3-2-12(21(23,24)25)9-16(15)33-19/h2-3,8-10,26H,4-7H2,1H3,(H,27,28,30). The number of carbonyl (C=O) groups is 2. The molecule has 1 saturated heterocycles. The first kappa shape index (κ1) is 23.3. The molecule has 2 N–H and O–H groups in total. The lowest BCUT2D eigenvalue weighted by Crippen LogP contribution is -2.47. The van der Waals surface area contributed by atoms with E-state index < -0.39 is 23.7 Å². The number of hydrogen-bond donors (Lipinski definition) is 2. The number of carbonyl (C=O) groups excluding carboxylic acids is 2. The largest absolute Gasteiger partial charge is 0.416 e. The number of hydrogen-bond acceptors (Lipinski definition) is 6. The van der Waals surface area contributed by atoms with Crippen molar-refractivity contribution >= 4 is 50.3 Å². The van der Waals surface area contributed by atoms with Gasteiger partial charge in [0.05, 0.1) is 21.3 Å². The maximum absolute atomic E-state index is 13.0. The van der Waals surface area contributed by atoms with Gasteiger partial charge in [0.1, 0.15) is 5.75 Å². The molecule has 0 unspecified atom stereocenters. The molecule has 4 rings (SSSR count). The quantitative estimate of drug-likeness (QED) is 0.535. The summed E-state index contributed by atoms with van der Waals surface area (Å²) in [7, 11) is 0. The number of ether oxygens (including phenoxy) is 1. The zero-order chi connectivity index (χ0) is 23.8. The van der Waals surface area contributed by atoms with Crippen molar-refractivity contribution in [2.75, 3.05) is 31.5 Å². The van der Waals surface area contributed by atoms with Gasteiger partial charge in [-0.2, -0.15) is 13.2 Å². The number of alkyl halides is 3. The third-order valence-electron chi connectivity index (χ3n) is 4.98. The van der Waals surface area contributed by atoms with Crippen molar-refractivity contribution in [1.82, 2.24) is 15.2 Å². The number of aryl methyl sites for hydroxylation is 1. The smallest absolute Gasteiger partial charge is 0.409 e. The molecule has 0 bridgehead atoms. The Kier molecular flexibility index (Phi) is 6.46. The van der Waals surface area contributed by atoms with Crippen LogP contribution in [0.1, 0.15) is 21.5 Å². The maximum atomic E-state index is 13.0. The van der Waals surface area contributed by atoms with Gasteiger partial charge in [-0.15, -0.1) is 0 Å². The van der Waals surface area contributed by atoms with E-state index in [4.69, 9.17) is 16.3 Å². The fraction of sp³-hybridized carbons (Fsp3) is 0.286. The number of thiazole rings is 1. The Morgan fingerprint density at radius 2 is 1.94 bits per heavy atom. The van der Waals surface area contributed by atoms with Crippen molar-refractivity contribution < 1.29 is 27.5 Å². The highest BCUT2D eigenvalue weighted by Gasteiger charge is 2.31. The number of aromatic nitrogens is 1. The van der Waals surface area contributed by atoms with Gasteiger partial charge in [-0.3, -0.25) is 10.1 Å². The lowest BCUT2D eigenvalue weighted by Gasteiger charge is -2.27. The molecule has 1 aliphatic rings. The van der Waals surface area contributed by atoms with Gasteiger partial charge < -0.3 is 15.0 Å². The van der Waals surface area contributed by atoms with E-state index in [0.29, 0.717) is 37.3 Å². The predicted molar refractivity (Wildman–Crippen MR) is 119 cm³/mol. The molecule has 1 aliphatic heterocycles. The van der Waals surface area contributed by atoms with E-state index in [1.165, 1.54) is 17.0 Å². The van der Waals surface area contributed by atoms with Gasteiger partial charge in [-0.25, -0.2) is 9.78 Å². The summed E-state index contributed by atoms with van der Waals surface area (Å²) in [6.07, 6.45) is -5.07. The first-order valence-corrected chi connectivity index (χ1v) is 11.1. The molecular weight excluding hydrogens is 481 g/mol. The molecule has 7 nitrogen and oxygen atoms in total. The first-order valence-electron chi connectivity index (χ1n) is 9.88. The van der Waals surface area contributed by atoms with Crippen molar-refractivity contribution in [3.63, 3.8) is 0 Å². The molecule has 0 saturated carbocycles. The van der Waals surface area contributed by atoms with Crippen molar-refractivity contribution in [2.45, 2.75) is 13.1 Å². The molecule has 174 valence electrons. The monoisotopic (exact) mass is 498 g/mol. The Labute approximate surface area is 195 Å². The van der Waals surface area contributed by atoms with Gasteiger partial charge in [-0.05, 0) is 42.8 Å². The molecule has 2 amide bonds. The van der Waals surface area contributed by atoms with E-state index >= 15 is 0 Å². The van der Waals surface area contributed by atoms with Crippen LogP contribution in [0.25, 0.3) is 10.2 Å². The van der Waals surface area contributed by atoms with Crippen molar-refractivity contribution in [2.24, 2.45) is 0 Å². The van der Waals surface area contributed by atoms with Crippen LogP contribution < -0.4 is 15.4 Å². The van der Waals surface area contributed by atoms with E-state index in [1.807, 2.05) is 0 Å². The molecular formula is C21H18ClF3N4O3S. The van der Waals surface area contributed by atoms with Gasteiger partial charge in [0.15, 0.2) is 5.13 Å². The highest BCUT2D eigenvalue weighted by atomic mass is 35.5. The SMILES string of the molecule is Cc1cc(Cl)cc(C(=O)Nc2nc3ccc(C(F)(F)F)cc3s2)c1OC(=O)N1CCNCC1. The van der Waals surface area contributed by atoms with Crippen molar-refractivity contribution in [1.29, 1.82) is 0 Å². The summed E-state index contributed by atoms with van der Waals surface area (Å²) in [5.74, 6) is -0.597. The van der Waals surface area contributed by atoms with E-state index in [0.717, 1.165) is 23.5 Å². The highest BCUT2D eigenvalue weighted by molar-refractivity contribution is 7.22. The molecule has 2 heterocycles. The number of rotatable bonds is 3. The lowest BCUT2D eigenvalue weighted by molar-refractivity contribution is -0.137. The molecule has 0 aliphatic carbocycles. The average molecular weight is 499 g/mol. The predicted octanol–water partition coefficient (Wildman–Crippen LogP) is 4.93. The van der Waals surface area contributed by atoms with Crippen LogP contribution in [-0.2, 0) is 6.18 Å². The summed E-state index contributed by atoms with van der Waals surface area (Å²) in [6.45, 7) is 3.86. The molecule has 12 heteroatoms. The number of halogens is 4. The van der Waals surface area contributed by atoms with Crippen LogP contribution in [0.15, 0.2) is 30.3 Å². The van der Waals surface area contributed by atoms with Gasteiger partial charge in [-0.1, -0.05) is 22.9 Å². The number of anilines is 1. The number of piperazine rings is 1. The molecule has 0 atom stereocenters. The Morgan fingerprint density at radius 3 is 2.64 bits per heavy atom. The molecule has 1 fully saturated rings. The lowest BCUT2D eigenvalue weighted by atomic mass is 10.1. The number of nitrogens with one attached hydrogen (secondary N) is 2. The molecule has 2 aromatic carbocycles. The summed E-state index contributed by atoms with van der Waals surface area (Å²) in [4.78, 5) is 31.3. The highest BCUT2D eigenvalue weighted by Crippen LogP contribution is 2.35. The van der Waals surface area contributed by atoms with Gasteiger partial charge in [0.25, 0.3) is 5.91 Å². The fourth-order valence-electron chi connectivity index (χ4n) is 3.35. The summed E-state index contributed by atoms with van der Waals surface area (Å²) in [5.41, 5.74) is 0.00834. The molecule has 0 radical (unpaired) electrons. The van der Waals surface area contributed by atoms with Crippen LogP contribution in [-0.4, -0.2) is 48.1 Å². The van der Waals surface area contributed by atoms with E-state index in [9.17, 15) is 22.8 Å². The molecule has 33 heavy (non-hydrogen) atoms. The van der Waals surface area contributed by atoms with E-state index in [2.05, 4.69) is 15.6 Å². The molecule has 1 aromatic heterocycles. The van der Waals surface area contributed by atoms with Crippen molar-refractivity contribution in [3.05, 3.63) is 52.0 Å². The van der Waals surface area contributed by atoms with Gasteiger partial charge in [0, 0.05) is 31.2 Å². The van der Waals surface area contributed by atoms with E-state index in [1.54, 1.807) is 13.0 Å². The van der Waals surface area contributed by atoms with Crippen LogP contribution in [0.5, 0.6) is 5.75 Å². The Bertz CT molecular complexity index is 1230. The summed E-state index contributed by atoms with van der Waals surface area (Å²) in [5, 5.41) is 6.07. The normalized spacial score (nSPS) is 14.4. The third kappa shape index (κ3) is 5.21. The second kappa shape index (κ2) is 9.16. The molecule has 3 aromatic rings. The number of amides is 2. The molecule has 0 spiro atoms. The van der Waals surface area contributed by atoms with Crippen LogP contribution in [0.3, 0.4) is 0 Å². The number of fused-ring (bicyclic) bond motifs is 1. The summed E-state index contributed by atoms with van der Waals surface area (Å²) >= 11 is 7.02. The minimum atomic E-state index is -4.48. The maximum Gasteiger partial charge on any atom is 0.416 e. The van der Waals surface area contributed by atoms with Crippen LogP contribution in [0.4, 0.5) is 23.1 Å². The average Bonchev–Trinajstić information content (AvgIpc) is 3.16.